The Morgan fingerprint density at radius 2 is 1.88 bits per heavy atom. The van der Waals surface area contributed by atoms with Crippen LogP contribution in [0.25, 0.3) is 11.1 Å². The molecule has 0 radical (unpaired) electrons. The molecule has 0 bridgehead atoms. The van der Waals surface area contributed by atoms with E-state index in [0.717, 1.165) is 36.0 Å². The summed E-state index contributed by atoms with van der Waals surface area (Å²) in [5, 5.41) is 0.580. The third-order valence-corrected chi connectivity index (χ3v) is 5.20. The number of ether oxygens (including phenoxy) is 1. The number of hydrogen-bond donors (Lipinski definition) is 1. The van der Waals surface area contributed by atoms with E-state index in [4.69, 9.17) is 33.7 Å². The Morgan fingerprint density at radius 3 is 2.52 bits per heavy atom. The standard InChI is InChI=1S/C19H18Cl2FNO2/c1-25-19(24)17(23)7-10-5-6-14(13-4-2-3-12(10)13)18-15(20)8-11(22)9-16(18)21/h5-6,8-9,17H,2-4,7,23H2,1H3/t17-/m0/s1. The number of hydrogen-bond acceptors (Lipinski definition) is 3. The van der Waals surface area contributed by atoms with E-state index in [2.05, 4.69) is 0 Å². The lowest BCUT2D eigenvalue weighted by molar-refractivity contribution is -0.142. The van der Waals surface area contributed by atoms with E-state index in [0.29, 0.717) is 12.0 Å². The summed E-state index contributed by atoms with van der Waals surface area (Å²) in [5.74, 6) is -0.892. The summed E-state index contributed by atoms with van der Waals surface area (Å²) in [4.78, 5) is 11.6. The van der Waals surface area contributed by atoms with Crippen LogP contribution in [-0.2, 0) is 28.8 Å². The zero-order valence-corrected chi connectivity index (χ0v) is 15.3. The molecule has 2 aromatic carbocycles. The molecule has 0 aliphatic heterocycles. The Morgan fingerprint density at radius 1 is 1.24 bits per heavy atom. The van der Waals surface area contributed by atoms with Crippen LogP contribution in [0.3, 0.4) is 0 Å². The number of nitrogens with two attached hydrogens (primary N) is 1. The van der Waals surface area contributed by atoms with Crippen molar-refractivity contribution in [2.75, 3.05) is 7.11 Å². The number of benzene rings is 2. The minimum atomic E-state index is -0.696. The van der Waals surface area contributed by atoms with E-state index in [1.807, 2.05) is 12.1 Å². The fourth-order valence-electron chi connectivity index (χ4n) is 3.48. The average Bonchev–Trinajstić information content (AvgIpc) is 3.05. The number of esters is 1. The van der Waals surface area contributed by atoms with Crippen LogP contribution in [-0.4, -0.2) is 19.1 Å². The molecule has 0 saturated carbocycles. The zero-order valence-electron chi connectivity index (χ0n) is 13.7. The maximum atomic E-state index is 13.5. The van der Waals surface area contributed by atoms with Gasteiger partial charge in [-0.25, -0.2) is 4.39 Å². The van der Waals surface area contributed by atoms with Crippen LogP contribution in [0.1, 0.15) is 23.1 Å². The van der Waals surface area contributed by atoms with Crippen LogP contribution >= 0.6 is 23.2 Å². The number of rotatable bonds is 4. The van der Waals surface area contributed by atoms with Crippen LogP contribution in [0.2, 0.25) is 10.0 Å². The molecule has 6 heteroatoms. The monoisotopic (exact) mass is 381 g/mol. The molecule has 2 aromatic rings. The Balaban J connectivity index is 2.05. The van der Waals surface area contributed by atoms with Crippen molar-refractivity contribution in [2.45, 2.75) is 31.7 Å². The minimum Gasteiger partial charge on any atom is -0.468 e. The molecule has 3 nitrogen and oxygen atoms in total. The smallest absolute Gasteiger partial charge is 0.322 e. The molecule has 1 aliphatic rings. The van der Waals surface area contributed by atoms with Gasteiger partial charge in [-0.2, -0.15) is 0 Å². The first-order valence-electron chi connectivity index (χ1n) is 8.04. The third kappa shape index (κ3) is 3.52. The largest absolute Gasteiger partial charge is 0.468 e. The number of carbonyl (C=O) groups excluding carboxylic acids is 1. The fraction of sp³-hybridized carbons (Fsp3) is 0.316. The molecule has 0 fully saturated rings. The van der Waals surface area contributed by atoms with E-state index in [9.17, 15) is 9.18 Å². The Hall–Kier alpha value is -1.62. The van der Waals surface area contributed by atoms with E-state index < -0.39 is 17.8 Å². The molecule has 0 spiro atoms. The van der Waals surface area contributed by atoms with Gasteiger partial charge < -0.3 is 10.5 Å². The van der Waals surface area contributed by atoms with Gasteiger partial charge in [0.15, 0.2) is 0 Å². The highest BCUT2D eigenvalue weighted by Crippen LogP contribution is 2.41. The first-order chi connectivity index (χ1) is 11.9. The molecule has 1 aliphatic carbocycles. The molecule has 2 N–H and O–H groups in total. The van der Waals surface area contributed by atoms with Crippen molar-refractivity contribution >= 4 is 29.2 Å². The SMILES string of the molecule is COC(=O)[C@@H](N)Cc1ccc(-c2c(Cl)cc(F)cc2Cl)c2c1CCC2. The second-order valence-electron chi connectivity index (χ2n) is 6.16. The third-order valence-electron chi connectivity index (χ3n) is 4.60. The predicted octanol–water partition coefficient (Wildman–Crippen LogP) is 4.33. The summed E-state index contributed by atoms with van der Waals surface area (Å²) in [5.41, 5.74) is 10.8. The van der Waals surface area contributed by atoms with Gasteiger partial charge in [-0.3, -0.25) is 4.79 Å². The van der Waals surface area contributed by atoms with Gasteiger partial charge in [0.1, 0.15) is 11.9 Å². The summed E-state index contributed by atoms with van der Waals surface area (Å²) >= 11 is 12.5. The van der Waals surface area contributed by atoms with Crippen LogP contribution in [0.15, 0.2) is 24.3 Å². The average molecular weight is 382 g/mol. The molecule has 25 heavy (non-hydrogen) atoms. The maximum Gasteiger partial charge on any atom is 0.322 e. The Bertz CT molecular complexity index is 815. The first kappa shape index (κ1) is 18.2. The van der Waals surface area contributed by atoms with E-state index >= 15 is 0 Å². The van der Waals surface area contributed by atoms with E-state index in [1.165, 1.54) is 24.8 Å². The van der Waals surface area contributed by atoms with Crippen LogP contribution in [0.5, 0.6) is 0 Å². The molecule has 0 unspecified atom stereocenters. The lowest BCUT2D eigenvalue weighted by Gasteiger charge is -2.17. The highest BCUT2D eigenvalue weighted by Gasteiger charge is 2.24. The van der Waals surface area contributed by atoms with Gasteiger partial charge in [0.05, 0.1) is 17.2 Å². The van der Waals surface area contributed by atoms with E-state index in [-0.39, 0.29) is 10.0 Å². The van der Waals surface area contributed by atoms with Gasteiger partial charge in [0.2, 0.25) is 0 Å². The molecule has 132 valence electrons. The van der Waals surface area contributed by atoms with Gasteiger partial charge in [-0.05, 0) is 60.1 Å². The summed E-state index contributed by atoms with van der Waals surface area (Å²) in [6, 6.07) is 5.71. The van der Waals surface area contributed by atoms with Crippen LogP contribution < -0.4 is 5.73 Å². The minimum absolute atomic E-state index is 0.290. The van der Waals surface area contributed by atoms with Crippen molar-refractivity contribution in [3.05, 3.63) is 56.8 Å². The molecule has 3 rings (SSSR count). The fourth-order valence-corrected chi connectivity index (χ4v) is 4.14. The lowest BCUT2D eigenvalue weighted by atomic mass is 9.91. The van der Waals surface area contributed by atoms with Crippen molar-refractivity contribution in [1.29, 1.82) is 0 Å². The second kappa shape index (κ2) is 7.32. The number of carbonyl (C=O) groups is 1. The van der Waals surface area contributed by atoms with Gasteiger partial charge in [0, 0.05) is 5.56 Å². The van der Waals surface area contributed by atoms with Crippen molar-refractivity contribution in [3.8, 4) is 11.1 Å². The molecule has 0 amide bonds. The summed E-state index contributed by atoms with van der Waals surface area (Å²) in [6.07, 6.45) is 3.21. The topological polar surface area (TPSA) is 52.3 Å². The van der Waals surface area contributed by atoms with E-state index in [1.54, 1.807) is 0 Å². The molecule has 0 saturated heterocycles. The normalized spacial score (nSPS) is 14.3. The summed E-state index contributed by atoms with van der Waals surface area (Å²) < 4.78 is 18.2. The number of fused-ring (bicyclic) bond motifs is 1. The van der Waals surface area contributed by atoms with Crippen LogP contribution in [0.4, 0.5) is 4.39 Å². The predicted molar refractivity (Wildman–Crippen MR) is 97.6 cm³/mol. The summed E-state index contributed by atoms with van der Waals surface area (Å²) in [6.45, 7) is 0. The van der Waals surface area contributed by atoms with Crippen LogP contribution in [0, 0.1) is 5.82 Å². The second-order valence-corrected chi connectivity index (χ2v) is 6.98. The maximum absolute atomic E-state index is 13.5. The van der Waals surface area contributed by atoms with Crippen molar-refractivity contribution in [3.63, 3.8) is 0 Å². The highest BCUT2D eigenvalue weighted by atomic mass is 35.5. The number of methoxy groups -OCH3 is 1. The zero-order chi connectivity index (χ0) is 18.1. The summed E-state index contributed by atoms with van der Waals surface area (Å²) in [7, 11) is 1.33. The van der Waals surface area contributed by atoms with Gasteiger partial charge >= 0.3 is 5.97 Å². The molecular weight excluding hydrogens is 364 g/mol. The molecular formula is C19H18Cl2FNO2. The number of halogens is 3. The quantitative estimate of drug-likeness (QED) is 0.801. The first-order valence-corrected chi connectivity index (χ1v) is 8.80. The molecule has 0 aromatic heterocycles. The van der Waals surface area contributed by atoms with Gasteiger partial charge in [-0.1, -0.05) is 35.3 Å². The van der Waals surface area contributed by atoms with Gasteiger partial charge in [-0.15, -0.1) is 0 Å². The highest BCUT2D eigenvalue weighted by molar-refractivity contribution is 6.39. The molecule has 1 atom stereocenters. The van der Waals surface area contributed by atoms with Crippen molar-refractivity contribution in [2.24, 2.45) is 5.73 Å². The lowest BCUT2D eigenvalue weighted by Crippen LogP contribution is -2.33. The van der Waals surface area contributed by atoms with Gasteiger partial charge in [0.25, 0.3) is 0 Å². The van der Waals surface area contributed by atoms with Crippen molar-refractivity contribution in [1.82, 2.24) is 0 Å². The molecule has 0 heterocycles. The van der Waals surface area contributed by atoms with Crippen molar-refractivity contribution < 1.29 is 13.9 Å². The Kier molecular flexibility index (Phi) is 5.32. The Labute approximate surface area is 155 Å².